The van der Waals surface area contributed by atoms with Crippen LogP contribution in [0.15, 0.2) is 29.3 Å². The Bertz CT molecular complexity index is 414. The first-order valence-electron chi connectivity index (χ1n) is 7.65. The van der Waals surface area contributed by atoms with Crippen LogP contribution in [0.1, 0.15) is 25.3 Å². The lowest BCUT2D eigenvalue weighted by Gasteiger charge is -2.22. The summed E-state index contributed by atoms with van der Waals surface area (Å²) in [7, 11) is 8.06. The minimum atomic E-state index is 0.793. The van der Waals surface area contributed by atoms with Crippen LogP contribution in [-0.2, 0) is 6.42 Å². The van der Waals surface area contributed by atoms with Crippen molar-refractivity contribution in [3.63, 3.8) is 0 Å². The Balaban J connectivity index is 2.47. The highest BCUT2D eigenvalue weighted by molar-refractivity contribution is 5.79. The molecule has 1 aromatic carbocycles. The molecule has 0 aromatic heterocycles. The molecule has 0 aliphatic heterocycles. The van der Waals surface area contributed by atoms with E-state index in [0.717, 1.165) is 44.1 Å². The van der Waals surface area contributed by atoms with Crippen molar-refractivity contribution in [2.45, 2.75) is 26.2 Å². The van der Waals surface area contributed by atoms with E-state index in [9.17, 15) is 0 Å². The van der Waals surface area contributed by atoms with Gasteiger partial charge in [-0.05, 0) is 30.5 Å². The van der Waals surface area contributed by atoms with Crippen molar-refractivity contribution in [2.75, 3.05) is 41.3 Å². The van der Waals surface area contributed by atoms with Gasteiger partial charge in [-0.1, -0.05) is 25.5 Å². The lowest BCUT2D eigenvalue weighted by atomic mass is 10.1. The predicted octanol–water partition coefficient (Wildman–Crippen LogP) is 2.89. The van der Waals surface area contributed by atoms with Crippen LogP contribution in [0.2, 0.25) is 0 Å². The van der Waals surface area contributed by atoms with E-state index < -0.39 is 0 Å². The van der Waals surface area contributed by atoms with Gasteiger partial charge in [-0.25, -0.2) is 0 Å². The van der Waals surface area contributed by atoms with E-state index in [4.69, 9.17) is 4.74 Å². The Labute approximate surface area is 129 Å². The van der Waals surface area contributed by atoms with Gasteiger partial charge >= 0.3 is 0 Å². The Hall–Kier alpha value is -1.71. The van der Waals surface area contributed by atoms with Crippen LogP contribution in [-0.4, -0.2) is 57.1 Å². The van der Waals surface area contributed by atoms with Gasteiger partial charge in [0, 0.05) is 34.7 Å². The van der Waals surface area contributed by atoms with E-state index in [2.05, 4.69) is 24.0 Å². The molecule has 0 saturated carbocycles. The minimum Gasteiger partial charge on any atom is -0.494 e. The van der Waals surface area contributed by atoms with Crippen LogP contribution in [0.3, 0.4) is 0 Å². The molecule has 0 bridgehead atoms. The molecule has 0 spiro atoms. The van der Waals surface area contributed by atoms with Crippen molar-refractivity contribution in [1.82, 2.24) is 9.80 Å². The molecule has 0 unspecified atom stereocenters. The fraction of sp³-hybridized carbons (Fsp3) is 0.588. The maximum Gasteiger partial charge on any atom is 0.195 e. The molecule has 0 radical (unpaired) electrons. The largest absolute Gasteiger partial charge is 0.494 e. The van der Waals surface area contributed by atoms with Crippen molar-refractivity contribution in [3.05, 3.63) is 29.8 Å². The Morgan fingerprint density at radius 2 is 1.67 bits per heavy atom. The second-order valence-electron chi connectivity index (χ2n) is 5.57. The maximum absolute atomic E-state index is 5.67. The van der Waals surface area contributed by atoms with Crippen molar-refractivity contribution < 1.29 is 4.74 Å². The van der Waals surface area contributed by atoms with Gasteiger partial charge in [-0.2, -0.15) is 0 Å². The van der Waals surface area contributed by atoms with Crippen LogP contribution in [0.5, 0.6) is 5.75 Å². The Morgan fingerprint density at radius 3 is 2.19 bits per heavy atom. The summed E-state index contributed by atoms with van der Waals surface area (Å²) in [5.41, 5.74) is 1.29. The monoisotopic (exact) mass is 291 g/mol. The Kier molecular flexibility index (Phi) is 7.65. The molecule has 118 valence electrons. The first-order valence-corrected chi connectivity index (χ1v) is 7.65. The number of hydrogen-bond donors (Lipinski definition) is 0. The third-order valence-electron chi connectivity index (χ3n) is 3.14. The zero-order valence-corrected chi connectivity index (χ0v) is 14.1. The Morgan fingerprint density at radius 1 is 1.05 bits per heavy atom. The summed E-state index contributed by atoms with van der Waals surface area (Å²) in [5.74, 6) is 1.95. The average Bonchev–Trinajstić information content (AvgIpc) is 2.44. The maximum atomic E-state index is 5.67. The summed E-state index contributed by atoms with van der Waals surface area (Å²) in [5, 5.41) is 0. The van der Waals surface area contributed by atoms with Gasteiger partial charge in [-0.15, -0.1) is 0 Å². The first kappa shape index (κ1) is 17.3. The third kappa shape index (κ3) is 6.52. The fourth-order valence-electron chi connectivity index (χ4n) is 2.05. The number of guanidine groups is 1. The summed E-state index contributed by atoms with van der Waals surface area (Å²) in [4.78, 5) is 8.70. The molecule has 0 atom stereocenters. The number of rotatable bonds is 7. The number of aliphatic imine (C=N–C) groups is 1. The molecule has 0 N–H and O–H groups in total. The summed E-state index contributed by atoms with van der Waals surface area (Å²) in [6.07, 6.45) is 3.21. The van der Waals surface area contributed by atoms with Crippen molar-refractivity contribution in [3.8, 4) is 5.75 Å². The molecule has 4 heteroatoms. The molecule has 1 rings (SSSR count). The highest BCUT2D eigenvalue weighted by Gasteiger charge is 2.03. The van der Waals surface area contributed by atoms with Crippen LogP contribution < -0.4 is 4.74 Å². The quantitative estimate of drug-likeness (QED) is 0.439. The molecular weight excluding hydrogens is 262 g/mol. The van der Waals surface area contributed by atoms with E-state index in [0.29, 0.717) is 0 Å². The average molecular weight is 291 g/mol. The number of ether oxygens (including phenoxy) is 1. The summed E-state index contributed by atoms with van der Waals surface area (Å²) < 4.78 is 5.67. The molecule has 4 nitrogen and oxygen atoms in total. The fourth-order valence-corrected chi connectivity index (χ4v) is 2.05. The molecule has 0 heterocycles. The van der Waals surface area contributed by atoms with E-state index in [-0.39, 0.29) is 0 Å². The van der Waals surface area contributed by atoms with Crippen molar-refractivity contribution in [2.24, 2.45) is 4.99 Å². The van der Waals surface area contributed by atoms with Crippen molar-refractivity contribution >= 4 is 5.96 Å². The molecule has 0 aliphatic carbocycles. The topological polar surface area (TPSA) is 28.1 Å². The number of hydrogen-bond acceptors (Lipinski definition) is 2. The summed E-state index contributed by atoms with van der Waals surface area (Å²) in [6.45, 7) is 3.76. The van der Waals surface area contributed by atoms with Crippen LogP contribution in [0.25, 0.3) is 0 Å². The molecular formula is C17H29N3O. The zero-order chi connectivity index (χ0) is 15.7. The standard InChI is InChI=1S/C17H29N3O/c1-6-7-14-21-16-10-8-15(9-11-16)12-13-18-17(19(2)3)20(4)5/h8-11H,6-7,12-14H2,1-5H3. The van der Waals surface area contributed by atoms with Crippen LogP contribution in [0.4, 0.5) is 0 Å². The first-order chi connectivity index (χ1) is 10.0. The van der Waals surface area contributed by atoms with Gasteiger partial charge in [0.15, 0.2) is 5.96 Å². The number of nitrogens with zero attached hydrogens (tertiary/aromatic N) is 3. The molecule has 0 aliphatic rings. The van der Waals surface area contributed by atoms with Gasteiger partial charge in [0.2, 0.25) is 0 Å². The van der Waals surface area contributed by atoms with E-state index >= 15 is 0 Å². The lowest BCUT2D eigenvalue weighted by Crippen LogP contribution is -2.35. The molecule has 1 aromatic rings. The van der Waals surface area contributed by atoms with Crippen molar-refractivity contribution in [1.29, 1.82) is 0 Å². The van der Waals surface area contributed by atoms with Crippen LogP contribution >= 0.6 is 0 Å². The zero-order valence-electron chi connectivity index (χ0n) is 14.1. The summed E-state index contributed by atoms with van der Waals surface area (Å²) >= 11 is 0. The van der Waals surface area contributed by atoms with E-state index in [1.54, 1.807) is 0 Å². The van der Waals surface area contributed by atoms with E-state index in [1.807, 2.05) is 50.1 Å². The van der Waals surface area contributed by atoms with Gasteiger partial charge in [0.1, 0.15) is 5.75 Å². The smallest absolute Gasteiger partial charge is 0.195 e. The van der Waals surface area contributed by atoms with E-state index in [1.165, 1.54) is 5.56 Å². The van der Waals surface area contributed by atoms with Gasteiger partial charge in [0.05, 0.1) is 6.61 Å². The lowest BCUT2D eigenvalue weighted by molar-refractivity contribution is 0.309. The molecule has 0 amide bonds. The van der Waals surface area contributed by atoms with Gasteiger partial charge < -0.3 is 14.5 Å². The third-order valence-corrected chi connectivity index (χ3v) is 3.14. The highest BCUT2D eigenvalue weighted by atomic mass is 16.5. The SMILES string of the molecule is CCCCOc1ccc(CCN=C(N(C)C)N(C)C)cc1. The predicted molar refractivity (Wildman–Crippen MR) is 90.2 cm³/mol. The normalized spacial score (nSPS) is 10.1. The highest BCUT2D eigenvalue weighted by Crippen LogP contribution is 2.13. The minimum absolute atomic E-state index is 0.793. The molecule has 0 fully saturated rings. The second kappa shape index (κ2) is 9.27. The number of unbranched alkanes of at least 4 members (excludes halogenated alkanes) is 1. The summed E-state index contributed by atoms with van der Waals surface area (Å²) in [6, 6.07) is 8.35. The molecule has 21 heavy (non-hydrogen) atoms. The second-order valence-corrected chi connectivity index (χ2v) is 5.57. The van der Waals surface area contributed by atoms with Gasteiger partial charge in [-0.3, -0.25) is 4.99 Å². The van der Waals surface area contributed by atoms with Gasteiger partial charge in [0.25, 0.3) is 0 Å². The molecule has 0 saturated heterocycles. The van der Waals surface area contributed by atoms with Crippen LogP contribution in [0, 0.1) is 0 Å². The number of benzene rings is 1.